The van der Waals surface area contributed by atoms with E-state index >= 15 is 0 Å². The third-order valence-corrected chi connectivity index (χ3v) is 2.53. The van der Waals surface area contributed by atoms with Crippen LogP contribution < -0.4 is 5.32 Å². The summed E-state index contributed by atoms with van der Waals surface area (Å²) in [7, 11) is 0. The summed E-state index contributed by atoms with van der Waals surface area (Å²) >= 11 is 0. The molecular weight excluding hydrogens is 184 g/mol. The predicted octanol–water partition coefficient (Wildman–Crippen LogP) is 0.319. The fourth-order valence-corrected chi connectivity index (χ4v) is 1.43. The molecule has 14 heavy (non-hydrogen) atoms. The highest BCUT2D eigenvalue weighted by Gasteiger charge is 2.34. The van der Waals surface area contributed by atoms with Gasteiger partial charge < -0.3 is 14.9 Å². The lowest BCUT2D eigenvalue weighted by Gasteiger charge is -2.36. The maximum Gasteiger partial charge on any atom is 0.273 e. The van der Waals surface area contributed by atoms with Gasteiger partial charge in [-0.1, -0.05) is 5.16 Å². The van der Waals surface area contributed by atoms with Crippen LogP contribution in [0.15, 0.2) is 16.9 Å². The van der Waals surface area contributed by atoms with Gasteiger partial charge in [-0.3, -0.25) is 4.79 Å². The van der Waals surface area contributed by atoms with Crippen molar-refractivity contribution < 1.29 is 14.4 Å². The Balaban J connectivity index is 1.84. The number of rotatable bonds is 3. The molecule has 0 atom stereocenters. The smallest absolute Gasteiger partial charge is 0.273 e. The lowest BCUT2D eigenvalue weighted by Crippen LogP contribution is -2.47. The van der Waals surface area contributed by atoms with Gasteiger partial charge in [-0.25, -0.2) is 0 Å². The molecule has 0 saturated heterocycles. The highest BCUT2D eigenvalue weighted by atomic mass is 16.5. The molecule has 1 heterocycles. The summed E-state index contributed by atoms with van der Waals surface area (Å²) in [5.74, 6) is -0.306. The molecule has 2 N–H and O–H groups in total. The fourth-order valence-electron chi connectivity index (χ4n) is 1.43. The normalized spacial score (nSPS) is 18.6. The van der Waals surface area contributed by atoms with Crippen molar-refractivity contribution in [2.45, 2.75) is 24.9 Å². The highest BCUT2D eigenvalue weighted by molar-refractivity contribution is 5.91. The van der Waals surface area contributed by atoms with Gasteiger partial charge in [0.1, 0.15) is 6.26 Å². The SMILES string of the molecule is O=C(NCC1(O)CCC1)c1ccon1. The first-order valence-corrected chi connectivity index (χ1v) is 4.61. The number of nitrogens with one attached hydrogen (secondary N) is 1. The van der Waals surface area contributed by atoms with Gasteiger partial charge in [0.2, 0.25) is 0 Å². The van der Waals surface area contributed by atoms with Gasteiger partial charge in [0, 0.05) is 12.6 Å². The molecule has 0 radical (unpaired) electrons. The van der Waals surface area contributed by atoms with E-state index in [0.717, 1.165) is 19.3 Å². The number of hydrogen-bond donors (Lipinski definition) is 2. The minimum absolute atomic E-state index is 0.243. The van der Waals surface area contributed by atoms with Crippen LogP contribution in [0.2, 0.25) is 0 Å². The number of hydrogen-bond acceptors (Lipinski definition) is 4. The molecule has 1 aliphatic rings. The van der Waals surface area contributed by atoms with Crippen molar-refractivity contribution in [3.63, 3.8) is 0 Å². The number of aromatic nitrogens is 1. The number of nitrogens with zero attached hydrogens (tertiary/aromatic N) is 1. The first kappa shape index (κ1) is 9.21. The average molecular weight is 196 g/mol. The van der Waals surface area contributed by atoms with Crippen molar-refractivity contribution >= 4 is 5.91 Å². The van der Waals surface area contributed by atoms with Gasteiger partial charge in [0.05, 0.1) is 5.60 Å². The van der Waals surface area contributed by atoms with Crippen molar-refractivity contribution in [3.05, 3.63) is 18.0 Å². The lowest BCUT2D eigenvalue weighted by molar-refractivity contribution is -0.0301. The summed E-state index contributed by atoms with van der Waals surface area (Å²) in [5, 5.41) is 15.8. The lowest BCUT2D eigenvalue weighted by atomic mass is 9.80. The Morgan fingerprint density at radius 1 is 1.71 bits per heavy atom. The molecule has 1 aromatic rings. The molecule has 1 amide bonds. The van der Waals surface area contributed by atoms with Gasteiger partial charge in [0.15, 0.2) is 5.69 Å². The topological polar surface area (TPSA) is 75.4 Å². The molecule has 1 saturated carbocycles. The Hall–Kier alpha value is -1.36. The Labute approximate surface area is 81.1 Å². The van der Waals surface area contributed by atoms with Crippen LogP contribution in [-0.4, -0.2) is 28.3 Å². The molecule has 1 aliphatic carbocycles. The van der Waals surface area contributed by atoms with Gasteiger partial charge in [-0.2, -0.15) is 0 Å². The molecule has 1 aromatic heterocycles. The zero-order chi connectivity index (χ0) is 10.0. The Kier molecular flexibility index (Phi) is 2.25. The Morgan fingerprint density at radius 2 is 2.50 bits per heavy atom. The molecule has 0 aromatic carbocycles. The molecule has 0 unspecified atom stereocenters. The third-order valence-electron chi connectivity index (χ3n) is 2.53. The van der Waals surface area contributed by atoms with Crippen molar-refractivity contribution in [1.82, 2.24) is 10.5 Å². The standard InChI is InChI=1S/C9H12N2O3/c12-8(7-2-5-14-11-7)10-6-9(13)3-1-4-9/h2,5,13H,1,3-4,6H2,(H,10,12). The van der Waals surface area contributed by atoms with Gasteiger partial charge in [-0.15, -0.1) is 0 Å². The average Bonchev–Trinajstić information content (AvgIpc) is 2.63. The molecule has 2 rings (SSSR count). The molecule has 5 heteroatoms. The maximum atomic E-state index is 11.3. The van der Waals surface area contributed by atoms with E-state index in [4.69, 9.17) is 0 Å². The second-order valence-corrected chi connectivity index (χ2v) is 3.65. The van der Waals surface area contributed by atoms with E-state index in [1.54, 1.807) is 0 Å². The van der Waals surface area contributed by atoms with Crippen molar-refractivity contribution in [2.75, 3.05) is 6.54 Å². The van der Waals surface area contributed by atoms with E-state index in [1.807, 2.05) is 0 Å². The van der Waals surface area contributed by atoms with Crippen LogP contribution in [0.1, 0.15) is 29.8 Å². The molecule has 5 nitrogen and oxygen atoms in total. The van der Waals surface area contributed by atoms with E-state index in [-0.39, 0.29) is 11.6 Å². The summed E-state index contributed by atoms with van der Waals surface area (Å²) in [6.07, 6.45) is 3.88. The molecule has 1 fully saturated rings. The second-order valence-electron chi connectivity index (χ2n) is 3.65. The maximum absolute atomic E-state index is 11.3. The summed E-state index contributed by atoms with van der Waals surface area (Å²) in [6.45, 7) is 0.290. The first-order chi connectivity index (χ1) is 6.70. The van der Waals surface area contributed by atoms with Crippen LogP contribution in [0.3, 0.4) is 0 Å². The van der Waals surface area contributed by atoms with Crippen LogP contribution in [-0.2, 0) is 0 Å². The zero-order valence-electron chi connectivity index (χ0n) is 7.69. The monoisotopic (exact) mass is 196 g/mol. The second kappa shape index (κ2) is 3.42. The summed E-state index contributed by atoms with van der Waals surface area (Å²) < 4.78 is 4.53. The molecule has 76 valence electrons. The van der Waals surface area contributed by atoms with Crippen molar-refractivity contribution in [1.29, 1.82) is 0 Å². The van der Waals surface area contributed by atoms with E-state index < -0.39 is 5.60 Å². The van der Waals surface area contributed by atoms with E-state index in [2.05, 4.69) is 15.0 Å². The summed E-state index contributed by atoms with van der Waals surface area (Å²) in [4.78, 5) is 11.3. The van der Waals surface area contributed by atoms with Crippen LogP contribution in [0.5, 0.6) is 0 Å². The van der Waals surface area contributed by atoms with Gasteiger partial charge in [-0.05, 0) is 19.3 Å². The quantitative estimate of drug-likeness (QED) is 0.730. The van der Waals surface area contributed by atoms with Crippen LogP contribution in [0.4, 0.5) is 0 Å². The van der Waals surface area contributed by atoms with Crippen LogP contribution in [0, 0.1) is 0 Å². The first-order valence-electron chi connectivity index (χ1n) is 4.61. The van der Waals surface area contributed by atoms with E-state index in [9.17, 15) is 9.90 Å². The van der Waals surface area contributed by atoms with Crippen molar-refractivity contribution in [3.8, 4) is 0 Å². The number of amides is 1. The minimum atomic E-state index is -0.695. The minimum Gasteiger partial charge on any atom is -0.388 e. The highest BCUT2D eigenvalue weighted by Crippen LogP contribution is 2.30. The molecule has 0 aliphatic heterocycles. The molecule has 0 spiro atoms. The zero-order valence-corrected chi connectivity index (χ0v) is 7.69. The largest absolute Gasteiger partial charge is 0.388 e. The summed E-state index contributed by atoms with van der Waals surface area (Å²) in [6, 6.07) is 1.49. The van der Waals surface area contributed by atoms with Gasteiger partial charge in [0.25, 0.3) is 5.91 Å². The molecule has 0 bridgehead atoms. The molecular formula is C9H12N2O3. The summed E-state index contributed by atoms with van der Waals surface area (Å²) in [5.41, 5.74) is -0.452. The fraction of sp³-hybridized carbons (Fsp3) is 0.556. The van der Waals surface area contributed by atoms with Crippen molar-refractivity contribution in [2.24, 2.45) is 0 Å². The van der Waals surface area contributed by atoms with Gasteiger partial charge >= 0.3 is 0 Å². The predicted molar refractivity (Wildman–Crippen MR) is 47.6 cm³/mol. The number of carbonyl (C=O) groups is 1. The Bertz CT molecular complexity index is 317. The van der Waals surface area contributed by atoms with Crippen LogP contribution in [0.25, 0.3) is 0 Å². The van der Waals surface area contributed by atoms with E-state index in [0.29, 0.717) is 6.54 Å². The number of aliphatic hydroxyl groups is 1. The van der Waals surface area contributed by atoms with Crippen LogP contribution >= 0.6 is 0 Å². The Morgan fingerprint density at radius 3 is 3.00 bits per heavy atom. The van der Waals surface area contributed by atoms with E-state index in [1.165, 1.54) is 12.3 Å². The number of carbonyl (C=O) groups excluding carboxylic acids is 1. The third kappa shape index (κ3) is 1.77.